The summed E-state index contributed by atoms with van der Waals surface area (Å²) in [5.41, 5.74) is 9.19. The Bertz CT molecular complexity index is 606. The van der Waals surface area contributed by atoms with Gasteiger partial charge in [0.1, 0.15) is 12.4 Å². The highest BCUT2D eigenvalue weighted by Gasteiger charge is 2.10. The Labute approximate surface area is 142 Å². The summed E-state index contributed by atoms with van der Waals surface area (Å²) >= 11 is 7.13. The van der Waals surface area contributed by atoms with Gasteiger partial charge >= 0.3 is 0 Å². The molecule has 0 fully saturated rings. The lowest BCUT2D eigenvalue weighted by atomic mass is 10.1. The predicted octanol–water partition coefficient (Wildman–Crippen LogP) is 4.38. The highest BCUT2D eigenvalue weighted by molar-refractivity contribution is 9.11. The Morgan fingerprint density at radius 3 is 2.38 bits per heavy atom. The molecule has 1 atom stereocenters. The Morgan fingerprint density at radius 1 is 1.14 bits per heavy atom. The average Bonchev–Trinajstić information content (AvgIpc) is 2.37. The lowest BCUT2D eigenvalue weighted by Gasteiger charge is -2.13. The highest BCUT2D eigenvalue weighted by atomic mass is 79.9. The Morgan fingerprint density at radius 2 is 1.81 bits per heavy atom. The van der Waals surface area contributed by atoms with Crippen molar-refractivity contribution in [3.8, 4) is 5.75 Å². The minimum atomic E-state index is 0.133. The van der Waals surface area contributed by atoms with E-state index in [1.54, 1.807) is 0 Å². The van der Waals surface area contributed by atoms with Gasteiger partial charge in [0.2, 0.25) is 0 Å². The van der Waals surface area contributed by atoms with Crippen LogP contribution >= 0.6 is 31.9 Å². The van der Waals surface area contributed by atoms with E-state index in [9.17, 15) is 0 Å². The van der Waals surface area contributed by atoms with Gasteiger partial charge in [-0.1, -0.05) is 0 Å². The van der Waals surface area contributed by atoms with E-state index in [4.69, 9.17) is 10.5 Å². The first kappa shape index (κ1) is 16.5. The summed E-state index contributed by atoms with van der Waals surface area (Å²) in [5.74, 6) is 0.796. The van der Waals surface area contributed by atoms with E-state index >= 15 is 0 Å². The molecule has 0 bridgehead atoms. The van der Waals surface area contributed by atoms with Crippen LogP contribution in [0, 0.1) is 6.92 Å². The number of hydrogen-bond donors (Lipinski definition) is 1. The van der Waals surface area contributed by atoms with Crippen LogP contribution in [0.2, 0.25) is 0 Å². The number of halogens is 2. The summed E-state index contributed by atoms with van der Waals surface area (Å²) in [6, 6.07) is 6.31. The van der Waals surface area contributed by atoms with Gasteiger partial charge in [0.25, 0.3) is 0 Å². The summed E-state index contributed by atoms with van der Waals surface area (Å²) < 4.78 is 7.75. The van der Waals surface area contributed by atoms with Gasteiger partial charge < -0.3 is 10.5 Å². The van der Waals surface area contributed by atoms with Gasteiger partial charge in [0.05, 0.1) is 8.95 Å². The maximum absolute atomic E-state index is 5.90. The van der Waals surface area contributed by atoms with Crippen molar-refractivity contribution in [2.24, 2.45) is 5.73 Å². The van der Waals surface area contributed by atoms with Crippen LogP contribution in [-0.4, -0.2) is 11.0 Å². The zero-order valence-electron chi connectivity index (χ0n) is 12.1. The molecule has 3 nitrogen and oxygen atoms in total. The topological polar surface area (TPSA) is 48.1 Å². The number of benzene rings is 1. The maximum Gasteiger partial charge on any atom is 0.148 e. The molecule has 21 heavy (non-hydrogen) atoms. The molecule has 1 unspecified atom stereocenters. The average molecular weight is 414 g/mol. The molecule has 0 amide bonds. The summed E-state index contributed by atoms with van der Waals surface area (Å²) in [5, 5.41) is 0. The molecule has 1 heterocycles. The molecule has 5 heteroatoms. The monoisotopic (exact) mass is 412 g/mol. The second-order valence-electron chi connectivity index (χ2n) is 5.23. The quantitative estimate of drug-likeness (QED) is 0.790. The van der Waals surface area contributed by atoms with E-state index in [-0.39, 0.29) is 6.04 Å². The van der Waals surface area contributed by atoms with Crippen LogP contribution in [0.5, 0.6) is 5.75 Å². The maximum atomic E-state index is 5.90. The van der Waals surface area contributed by atoms with Crippen LogP contribution in [0.15, 0.2) is 39.5 Å². The molecule has 1 aromatic heterocycles. The highest BCUT2D eigenvalue weighted by Crippen LogP contribution is 2.35. The summed E-state index contributed by atoms with van der Waals surface area (Å²) in [6.07, 6.45) is 4.48. The lowest BCUT2D eigenvalue weighted by Crippen LogP contribution is -2.17. The van der Waals surface area contributed by atoms with Crippen molar-refractivity contribution in [3.05, 3.63) is 56.2 Å². The number of nitrogens with zero attached hydrogens (tertiary/aromatic N) is 1. The summed E-state index contributed by atoms with van der Waals surface area (Å²) in [4.78, 5) is 4.17. The van der Waals surface area contributed by atoms with Crippen molar-refractivity contribution in [1.29, 1.82) is 0 Å². The van der Waals surface area contributed by atoms with Crippen molar-refractivity contribution in [2.75, 3.05) is 0 Å². The van der Waals surface area contributed by atoms with Crippen molar-refractivity contribution in [3.63, 3.8) is 0 Å². The zero-order valence-corrected chi connectivity index (χ0v) is 15.2. The van der Waals surface area contributed by atoms with Crippen molar-refractivity contribution in [1.82, 2.24) is 4.98 Å². The fraction of sp³-hybridized carbons (Fsp3) is 0.312. The van der Waals surface area contributed by atoms with Crippen LogP contribution in [0.25, 0.3) is 0 Å². The molecule has 0 radical (unpaired) electrons. The molecule has 0 aliphatic rings. The number of pyridine rings is 1. The third kappa shape index (κ3) is 4.80. The fourth-order valence-electron chi connectivity index (χ4n) is 2.09. The Balaban J connectivity index is 2.13. The third-order valence-corrected chi connectivity index (χ3v) is 4.11. The normalized spacial score (nSPS) is 12.2. The van der Waals surface area contributed by atoms with Crippen LogP contribution in [0.4, 0.5) is 0 Å². The first-order chi connectivity index (χ1) is 9.95. The molecule has 0 saturated carbocycles. The van der Waals surface area contributed by atoms with Crippen molar-refractivity contribution in [2.45, 2.75) is 32.9 Å². The second-order valence-corrected chi connectivity index (χ2v) is 6.94. The summed E-state index contributed by atoms with van der Waals surface area (Å²) in [6.45, 7) is 4.50. The number of nitrogens with two attached hydrogens (primary N) is 1. The van der Waals surface area contributed by atoms with Gasteiger partial charge in [0, 0.05) is 24.0 Å². The number of ether oxygens (including phenoxy) is 1. The largest absolute Gasteiger partial charge is 0.486 e. The van der Waals surface area contributed by atoms with Gasteiger partial charge in [-0.2, -0.15) is 0 Å². The number of aromatic nitrogens is 1. The van der Waals surface area contributed by atoms with Crippen LogP contribution in [0.1, 0.15) is 23.6 Å². The SMILES string of the molecule is Cc1cncc(COc2c(Br)cc(CC(C)N)cc2Br)c1. The van der Waals surface area contributed by atoms with E-state index in [2.05, 4.69) is 55.0 Å². The number of hydrogen-bond acceptors (Lipinski definition) is 3. The van der Waals surface area contributed by atoms with Crippen LogP contribution in [0.3, 0.4) is 0 Å². The van der Waals surface area contributed by atoms with Gasteiger partial charge in [-0.05, 0) is 81.5 Å². The van der Waals surface area contributed by atoms with Crippen LogP contribution < -0.4 is 10.5 Å². The van der Waals surface area contributed by atoms with Crippen LogP contribution in [-0.2, 0) is 13.0 Å². The number of aryl methyl sites for hydroxylation is 1. The zero-order chi connectivity index (χ0) is 15.4. The lowest BCUT2D eigenvalue weighted by molar-refractivity contribution is 0.301. The minimum absolute atomic E-state index is 0.133. The molecule has 0 spiro atoms. The first-order valence-corrected chi connectivity index (χ1v) is 8.31. The molecule has 2 N–H and O–H groups in total. The molecule has 0 aliphatic carbocycles. The molecule has 112 valence electrons. The van der Waals surface area contributed by atoms with Gasteiger partial charge in [-0.15, -0.1) is 0 Å². The fourth-order valence-corrected chi connectivity index (χ4v) is 3.60. The number of rotatable bonds is 5. The minimum Gasteiger partial charge on any atom is -0.486 e. The predicted molar refractivity (Wildman–Crippen MR) is 92.5 cm³/mol. The van der Waals surface area contributed by atoms with E-state index in [0.717, 1.165) is 32.2 Å². The Hall–Kier alpha value is -0.910. The summed E-state index contributed by atoms with van der Waals surface area (Å²) in [7, 11) is 0. The third-order valence-electron chi connectivity index (χ3n) is 2.93. The van der Waals surface area contributed by atoms with E-state index < -0.39 is 0 Å². The molecule has 2 aromatic rings. The van der Waals surface area contributed by atoms with E-state index in [0.29, 0.717) is 6.61 Å². The molecule has 2 rings (SSSR count). The first-order valence-electron chi connectivity index (χ1n) is 6.72. The van der Waals surface area contributed by atoms with Crippen molar-refractivity contribution >= 4 is 31.9 Å². The molecule has 1 aromatic carbocycles. The van der Waals surface area contributed by atoms with Crippen molar-refractivity contribution < 1.29 is 4.74 Å². The standard InChI is InChI=1S/C16H18Br2N2O/c1-10-3-13(8-20-7-10)9-21-16-14(17)5-12(4-11(2)19)6-15(16)18/h3,5-8,11H,4,9,19H2,1-2H3. The van der Waals surface area contributed by atoms with Gasteiger partial charge in [-0.25, -0.2) is 0 Å². The van der Waals surface area contributed by atoms with Gasteiger partial charge in [0.15, 0.2) is 0 Å². The van der Waals surface area contributed by atoms with Gasteiger partial charge in [-0.3, -0.25) is 4.98 Å². The molecular weight excluding hydrogens is 396 g/mol. The smallest absolute Gasteiger partial charge is 0.148 e. The Kier molecular flexibility index (Phi) is 5.79. The molecular formula is C16H18Br2N2O. The molecule has 0 saturated heterocycles. The van der Waals surface area contributed by atoms with E-state index in [1.165, 1.54) is 5.56 Å². The molecule has 0 aliphatic heterocycles. The van der Waals surface area contributed by atoms with E-state index in [1.807, 2.05) is 26.2 Å². The second kappa shape index (κ2) is 7.38.